The highest BCUT2D eigenvalue weighted by atomic mass is 15.2. The normalized spacial score (nSPS) is 41.3. The second kappa shape index (κ2) is 3.58. The lowest BCUT2D eigenvalue weighted by Gasteiger charge is -2.52. The Labute approximate surface area is 81.5 Å². The lowest BCUT2D eigenvalue weighted by Crippen LogP contribution is -2.62. The molecule has 1 saturated carbocycles. The fourth-order valence-corrected chi connectivity index (χ4v) is 2.74. The van der Waals surface area contributed by atoms with E-state index in [1.54, 1.807) is 0 Å². The molecular weight excluding hydrogens is 160 g/mol. The summed E-state index contributed by atoms with van der Waals surface area (Å²) in [6.07, 6.45) is 2.70. The van der Waals surface area contributed by atoms with Gasteiger partial charge >= 0.3 is 0 Å². The minimum atomic E-state index is 0.535. The van der Waals surface area contributed by atoms with Gasteiger partial charge in [0.1, 0.15) is 0 Å². The molecule has 1 aliphatic carbocycles. The second-order valence-electron chi connectivity index (χ2n) is 5.07. The molecule has 2 N–H and O–H groups in total. The van der Waals surface area contributed by atoms with Crippen LogP contribution in [0.1, 0.15) is 26.7 Å². The maximum atomic E-state index is 6.03. The van der Waals surface area contributed by atoms with Crippen LogP contribution in [0.4, 0.5) is 0 Å². The first kappa shape index (κ1) is 9.47. The van der Waals surface area contributed by atoms with Crippen LogP contribution in [0.2, 0.25) is 0 Å². The third kappa shape index (κ3) is 1.75. The number of hydrogen-bond donors (Lipinski definition) is 1. The highest BCUT2D eigenvalue weighted by Crippen LogP contribution is 2.38. The Hall–Kier alpha value is -0.0800. The Balaban J connectivity index is 1.79. The van der Waals surface area contributed by atoms with Gasteiger partial charge in [0.2, 0.25) is 0 Å². The van der Waals surface area contributed by atoms with Crippen LogP contribution < -0.4 is 5.73 Å². The second-order valence-corrected chi connectivity index (χ2v) is 5.07. The average Bonchev–Trinajstić information content (AvgIpc) is 2.17. The molecule has 0 amide bonds. The number of rotatable bonds is 3. The summed E-state index contributed by atoms with van der Waals surface area (Å²) >= 11 is 0. The van der Waals surface area contributed by atoms with Crippen molar-refractivity contribution in [2.24, 2.45) is 23.5 Å². The Bertz CT molecular complexity index is 166. The van der Waals surface area contributed by atoms with Gasteiger partial charge in [-0.25, -0.2) is 0 Å². The zero-order valence-electron chi connectivity index (χ0n) is 8.87. The quantitative estimate of drug-likeness (QED) is 0.713. The summed E-state index contributed by atoms with van der Waals surface area (Å²) in [5, 5.41) is 0. The first-order valence-corrected chi connectivity index (χ1v) is 5.68. The van der Waals surface area contributed by atoms with Crippen molar-refractivity contribution >= 4 is 0 Å². The highest BCUT2D eigenvalue weighted by Gasteiger charge is 2.44. The minimum Gasteiger partial charge on any atom is -0.327 e. The Morgan fingerprint density at radius 1 is 1.38 bits per heavy atom. The van der Waals surface area contributed by atoms with Gasteiger partial charge in [0.15, 0.2) is 0 Å². The van der Waals surface area contributed by atoms with Crippen molar-refractivity contribution in [1.29, 1.82) is 0 Å². The number of nitrogens with zero attached hydrogens (tertiary/aromatic N) is 1. The molecule has 2 saturated heterocycles. The molecule has 3 rings (SSSR count). The first-order valence-electron chi connectivity index (χ1n) is 5.68. The molecule has 3 atom stereocenters. The lowest BCUT2D eigenvalue weighted by atomic mass is 9.66. The van der Waals surface area contributed by atoms with Gasteiger partial charge in [-0.3, -0.25) is 0 Å². The van der Waals surface area contributed by atoms with Crippen LogP contribution >= 0.6 is 0 Å². The van der Waals surface area contributed by atoms with Gasteiger partial charge in [0, 0.05) is 25.7 Å². The summed E-state index contributed by atoms with van der Waals surface area (Å²) in [6, 6.07) is 0.535. The average molecular weight is 182 g/mol. The van der Waals surface area contributed by atoms with E-state index in [4.69, 9.17) is 5.73 Å². The minimum absolute atomic E-state index is 0.535. The molecule has 0 aromatic carbocycles. The molecule has 3 fully saturated rings. The van der Waals surface area contributed by atoms with Crippen LogP contribution in [-0.4, -0.2) is 30.6 Å². The highest BCUT2D eigenvalue weighted by molar-refractivity contribution is 4.99. The lowest BCUT2D eigenvalue weighted by molar-refractivity contribution is -0.00355. The van der Waals surface area contributed by atoms with E-state index in [9.17, 15) is 0 Å². The van der Waals surface area contributed by atoms with Gasteiger partial charge < -0.3 is 10.6 Å². The molecule has 0 radical (unpaired) electrons. The summed E-state index contributed by atoms with van der Waals surface area (Å²) in [7, 11) is 0. The van der Waals surface area contributed by atoms with E-state index in [2.05, 4.69) is 18.7 Å². The van der Waals surface area contributed by atoms with Crippen LogP contribution in [0, 0.1) is 17.8 Å². The van der Waals surface area contributed by atoms with E-state index in [0.29, 0.717) is 6.04 Å². The number of piperidine rings is 2. The van der Waals surface area contributed by atoms with Gasteiger partial charge in [-0.15, -0.1) is 0 Å². The smallest absolute Gasteiger partial charge is 0.0120 e. The molecule has 76 valence electrons. The molecule has 13 heavy (non-hydrogen) atoms. The largest absolute Gasteiger partial charge is 0.327 e. The maximum absolute atomic E-state index is 6.03. The Morgan fingerprint density at radius 2 is 2.00 bits per heavy atom. The Kier molecular flexibility index (Phi) is 2.61. The molecule has 3 aliphatic rings. The van der Waals surface area contributed by atoms with E-state index in [-0.39, 0.29) is 0 Å². The van der Waals surface area contributed by atoms with Gasteiger partial charge in [-0.2, -0.15) is 0 Å². The predicted molar refractivity (Wildman–Crippen MR) is 55.5 cm³/mol. The van der Waals surface area contributed by atoms with Crippen molar-refractivity contribution in [2.75, 3.05) is 19.6 Å². The van der Waals surface area contributed by atoms with Crippen molar-refractivity contribution in [1.82, 2.24) is 4.90 Å². The van der Waals surface area contributed by atoms with Crippen LogP contribution in [-0.2, 0) is 0 Å². The van der Waals surface area contributed by atoms with Crippen molar-refractivity contribution in [3.05, 3.63) is 0 Å². The molecule has 2 nitrogen and oxygen atoms in total. The zero-order valence-corrected chi connectivity index (χ0v) is 8.87. The molecule has 2 heterocycles. The molecule has 3 unspecified atom stereocenters. The summed E-state index contributed by atoms with van der Waals surface area (Å²) < 4.78 is 0. The van der Waals surface area contributed by atoms with E-state index in [1.165, 1.54) is 32.5 Å². The van der Waals surface area contributed by atoms with E-state index in [0.717, 1.165) is 17.8 Å². The van der Waals surface area contributed by atoms with Gasteiger partial charge in [-0.1, -0.05) is 20.3 Å². The fraction of sp³-hybridized carbons (Fsp3) is 1.00. The summed E-state index contributed by atoms with van der Waals surface area (Å²) in [6.45, 7) is 8.45. The molecular formula is C11H22N2. The number of fused-ring (bicyclic) bond motifs is 2. The molecule has 0 aromatic heterocycles. The summed E-state index contributed by atoms with van der Waals surface area (Å²) in [5.41, 5.74) is 6.03. The number of hydrogen-bond acceptors (Lipinski definition) is 2. The molecule has 2 heteroatoms. The third-order valence-electron chi connectivity index (χ3n) is 3.95. The van der Waals surface area contributed by atoms with Crippen molar-refractivity contribution in [2.45, 2.75) is 32.7 Å². The van der Waals surface area contributed by atoms with Gasteiger partial charge in [-0.05, 0) is 24.2 Å². The predicted octanol–water partition coefficient (Wildman–Crippen LogP) is 1.31. The van der Waals surface area contributed by atoms with Gasteiger partial charge in [0.25, 0.3) is 0 Å². The maximum Gasteiger partial charge on any atom is 0.0120 e. The SMILES string of the molecule is CCC(C)CN1CC2CC(C1)C2N. The van der Waals surface area contributed by atoms with Crippen molar-refractivity contribution in [3.8, 4) is 0 Å². The van der Waals surface area contributed by atoms with Crippen LogP contribution in [0.15, 0.2) is 0 Å². The van der Waals surface area contributed by atoms with E-state index < -0.39 is 0 Å². The van der Waals surface area contributed by atoms with Gasteiger partial charge in [0.05, 0.1) is 0 Å². The molecule has 2 aliphatic heterocycles. The van der Waals surface area contributed by atoms with Crippen molar-refractivity contribution in [3.63, 3.8) is 0 Å². The summed E-state index contributed by atoms with van der Waals surface area (Å²) in [5.74, 6) is 2.50. The van der Waals surface area contributed by atoms with E-state index >= 15 is 0 Å². The van der Waals surface area contributed by atoms with E-state index in [1.807, 2.05) is 0 Å². The number of nitrogens with two attached hydrogens (primary N) is 1. The molecule has 0 spiro atoms. The fourth-order valence-electron chi connectivity index (χ4n) is 2.74. The van der Waals surface area contributed by atoms with Crippen molar-refractivity contribution < 1.29 is 0 Å². The Morgan fingerprint density at radius 3 is 2.46 bits per heavy atom. The standard InChI is InChI=1S/C11H22N2/c1-3-8(2)5-13-6-9-4-10(7-13)11(9)12/h8-11H,3-7,12H2,1-2H3. The van der Waals surface area contributed by atoms with Crippen LogP contribution in [0.3, 0.4) is 0 Å². The van der Waals surface area contributed by atoms with Crippen LogP contribution in [0.25, 0.3) is 0 Å². The third-order valence-corrected chi connectivity index (χ3v) is 3.95. The summed E-state index contributed by atoms with van der Waals surface area (Å²) in [4.78, 5) is 2.62. The topological polar surface area (TPSA) is 29.3 Å². The molecule has 2 bridgehead atoms. The monoisotopic (exact) mass is 182 g/mol. The van der Waals surface area contributed by atoms with Crippen LogP contribution in [0.5, 0.6) is 0 Å². The molecule has 0 aromatic rings. The zero-order chi connectivity index (χ0) is 9.42. The first-order chi connectivity index (χ1) is 6.20.